The number of anilines is 1. The number of carboxylic acid groups (broad SMARTS) is 1. The molecule has 0 unspecified atom stereocenters. The number of carbonyl (C=O) groups excluding carboxylic acids is 1. The number of hydrogen-bond donors (Lipinski definition) is 5. The number of aromatic amines is 1. The number of carboxylic acids is 1. The predicted octanol–water partition coefficient (Wildman–Crippen LogP) is 3.11. The molecule has 1 aromatic heterocycles. The molecular formula is C25H28FN5O4S. The highest BCUT2D eigenvalue weighted by Gasteiger charge is 2.19. The van der Waals surface area contributed by atoms with E-state index in [1.165, 1.54) is 12.1 Å². The zero-order valence-corrected chi connectivity index (χ0v) is 20.4. The van der Waals surface area contributed by atoms with Crippen molar-refractivity contribution in [1.82, 2.24) is 20.6 Å². The maximum Gasteiger partial charge on any atom is 0.326 e. The van der Waals surface area contributed by atoms with Gasteiger partial charge in [-0.25, -0.2) is 14.2 Å². The number of aromatic nitrogens is 2. The molecule has 36 heavy (non-hydrogen) atoms. The van der Waals surface area contributed by atoms with Gasteiger partial charge < -0.3 is 26.0 Å². The number of H-pyrrole nitrogens is 1. The fourth-order valence-corrected chi connectivity index (χ4v) is 3.83. The second-order valence-corrected chi connectivity index (χ2v) is 8.64. The van der Waals surface area contributed by atoms with E-state index in [1.807, 2.05) is 0 Å². The van der Waals surface area contributed by atoms with E-state index in [9.17, 15) is 23.9 Å². The fourth-order valence-electron chi connectivity index (χ4n) is 3.61. The Morgan fingerprint density at radius 2 is 1.92 bits per heavy atom. The summed E-state index contributed by atoms with van der Waals surface area (Å²) in [6, 6.07) is 11.9. The molecule has 1 atom stereocenters. The maximum absolute atomic E-state index is 13.2. The lowest BCUT2D eigenvalue weighted by atomic mass is 10.1. The molecule has 5 N–H and O–H groups in total. The fraction of sp³-hybridized carbons (Fsp3) is 0.320. The maximum atomic E-state index is 13.2. The van der Waals surface area contributed by atoms with Gasteiger partial charge in [-0.05, 0) is 68.2 Å². The smallest absolute Gasteiger partial charge is 0.326 e. The number of aryl methyl sites for hydroxylation is 1. The van der Waals surface area contributed by atoms with Crippen LogP contribution in [-0.2, 0) is 16.0 Å². The Balaban J connectivity index is 1.35. The molecule has 0 aliphatic rings. The lowest BCUT2D eigenvalue weighted by Gasteiger charge is -2.15. The molecular weight excluding hydrogens is 485 g/mol. The Morgan fingerprint density at radius 1 is 1.11 bits per heavy atom. The van der Waals surface area contributed by atoms with Crippen LogP contribution in [0.4, 0.5) is 10.1 Å². The number of unbranched alkanes of at least 4 members (excludes halogenated alkanes) is 1. The SMILES string of the molecule is O=C(CCCc1nc2ccccc2c(=O)[nH]1)N[C@@H](CCCCNC(=S)Nc1cccc(F)c1)C(=O)O. The van der Waals surface area contributed by atoms with E-state index in [2.05, 4.69) is 25.9 Å². The first-order valence-corrected chi connectivity index (χ1v) is 12.0. The van der Waals surface area contributed by atoms with Gasteiger partial charge in [0.05, 0.1) is 10.9 Å². The highest BCUT2D eigenvalue weighted by molar-refractivity contribution is 7.80. The van der Waals surface area contributed by atoms with Crippen molar-refractivity contribution >= 4 is 45.8 Å². The summed E-state index contributed by atoms with van der Waals surface area (Å²) >= 11 is 5.17. The van der Waals surface area contributed by atoms with Crippen LogP contribution in [-0.4, -0.2) is 44.7 Å². The van der Waals surface area contributed by atoms with E-state index in [4.69, 9.17) is 12.2 Å². The Morgan fingerprint density at radius 3 is 2.69 bits per heavy atom. The van der Waals surface area contributed by atoms with Gasteiger partial charge in [0.25, 0.3) is 5.56 Å². The second-order valence-electron chi connectivity index (χ2n) is 8.23. The predicted molar refractivity (Wildman–Crippen MR) is 139 cm³/mol. The van der Waals surface area contributed by atoms with Crippen molar-refractivity contribution in [2.45, 2.75) is 44.6 Å². The van der Waals surface area contributed by atoms with Crippen molar-refractivity contribution in [2.24, 2.45) is 0 Å². The minimum Gasteiger partial charge on any atom is -0.480 e. The lowest BCUT2D eigenvalue weighted by molar-refractivity contribution is -0.142. The van der Waals surface area contributed by atoms with E-state index in [-0.39, 0.29) is 30.1 Å². The molecule has 11 heteroatoms. The van der Waals surface area contributed by atoms with Crippen LogP contribution in [0.25, 0.3) is 10.9 Å². The van der Waals surface area contributed by atoms with E-state index >= 15 is 0 Å². The van der Waals surface area contributed by atoms with Gasteiger partial charge in [-0.3, -0.25) is 9.59 Å². The standard InChI is InChI=1S/C25H28FN5O4S/c26-16-7-5-8-17(15-16)28-25(36)27-14-4-3-11-20(24(34)35)30-22(32)13-6-12-21-29-19-10-2-1-9-18(19)23(33)31-21/h1-2,5,7-10,15,20H,3-4,6,11-14H2,(H,30,32)(H,34,35)(H2,27,28,36)(H,29,31,33)/t20-/m0/s1. The molecule has 0 saturated heterocycles. The van der Waals surface area contributed by atoms with Crippen LogP contribution >= 0.6 is 12.2 Å². The highest BCUT2D eigenvalue weighted by Crippen LogP contribution is 2.10. The summed E-state index contributed by atoms with van der Waals surface area (Å²) in [7, 11) is 0. The molecule has 0 saturated carbocycles. The average molecular weight is 514 g/mol. The number of hydrogen-bond acceptors (Lipinski definition) is 5. The first-order chi connectivity index (χ1) is 17.3. The van der Waals surface area contributed by atoms with Gasteiger partial charge in [-0.2, -0.15) is 0 Å². The summed E-state index contributed by atoms with van der Waals surface area (Å²) in [4.78, 5) is 43.1. The lowest BCUT2D eigenvalue weighted by Crippen LogP contribution is -2.40. The molecule has 1 heterocycles. The average Bonchev–Trinajstić information content (AvgIpc) is 2.83. The van der Waals surface area contributed by atoms with Crippen LogP contribution in [0.15, 0.2) is 53.3 Å². The van der Waals surface area contributed by atoms with Gasteiger partial charge in [0.15, 0.2) is 5.11 Å². The number of amides is 1. The number of para-hydroxylation sites is 1. The zero-order chi connectivity index (χ0) is 25.9. The number of nitrogens with zero attached hydrogens (tertiary/aromatic N) is 1. The second kappa shape index (κ2) is 13.3. The molecule has 0 aliphatic heterocycles. The quantitative estimate of drug-likeness (QED) is 0.184. The molecule has 0 radical (unpaired) electrons. The summed E-state index contributed by atoms with van der Waals surface area (Å²) in [5, 5.41) is 18.7. The van der Waals surface area contributed by atoms with Crippen LogP contribution in [0.5, 0.6) is 0 Å². The van der Waals surface area contributed by atoms with Crippen molar-refractivity contribution < 1.29 is 19.1 Å². The number of halogens is 1. The molecule has 0 bridgehead atoms. The normalized spacial score (nSPS) is 11.6. The van der Waals surface area contributed by atoms with Crippen molar-refractivity contribution in [1.29, 1.82) is 0 Å². The molecule has 3 rings (SSSR count). The molecule has 0 fully saturated rings. The van der Waals surface area contributed by atoms with Gasteiger partial charge in [-0.15, -0.1) is 0 Å². The summed E-state index contributed by atoms with van der Waals surface area (Å²) in [5.41, 5.74) is 0.890. The van der Waals surface area contributed by atoms with Crippen LogP contribution in [0, 0.1) is 5.82 Å². The number of carbonyl (C=O) groups is 2. The third kappa shape index (κ3) is 8.42. The van der Waals surface area contributed by atoms with Crippen LogP contribution in [0.2, 0.25) is 0 Å². The number of aliphatic carboxylic acids is 1. The number of fused-ring (bicyclic) bond motifs is 1. The molecule has 0 aliphatic carbocycles. The van der Waals surface area contributed by atoms with Gasteiger partial charge in [-0.1, -0.05) is 18.2 Å². The first-order valence-electron chi connectivity index (χ1n) is 11.6. The summed E-state index contributed by atoms with van der Waals surface area (Å²) in [6.07, 6.45) is 2.37. The zero-order valence-electron chi connectivity index (χ0n) is 19.6. The number of rotatable bonds is 12. The van der Waals surface area contributed by atoms with E-state index in [1.54, 1.807) is 36.4 Å². The van der Waals surface area contributed by atoms with E-state index in [0.29, 0.717) is 59.8 Å². The van der Waals surface area contributed by atoms with Gasteiger partial charge >= 0.3 is 5.97 Å². The molecule has 1 amide bonds. The molecule has 9 nitrogen and oxygen atoms in total. The minimum absolute atomic E-state index is 0.113. The molecule has 190 valence electrons. The van der Waals surface area contributed by atoms with Crippen LogP contribution in [0.3, 0.4) is 0 Å². The minimum atomic E-state index is -1.10. The van der Waals surface area contributed by atoms with Crippen LogP contribution < -0.4 is 21.5 Å². The molecule has 0 spiro atoms. The van der Waals surface area contributed by atoms with E-state index < -0.39 is 12.0 Å². The van der Waals surface area contributed by atoms with Gasteiger partial charge in [0.1, 0.15) is 17.7 Å². The number of nitrogens with one attached hydrogen (secondary N) is 4. The number of thiocarbonyl (C=S) groups is 1. The Kier molecular flexibility index (Phi) is 9.87. The summed E-state index contributed by atoms with van der Waals surface area (Å²) in [6.45, 7) is 0.498. The third-order valence-electron chi connectivity index (χ3n) is 5.40. The molecule has 3 aromatic rings. The molecule has 2 aromatic carbocycles. The Labute approximate surface area is 212 Å². The Bertz CT molecular complexity index is 1280. The summed E-state index contributed by atoms with van der Waals surface area (Å²) < 4.78 is 13.2. The van der Waals surface area contributed by atoms with Crippen molar-refractivity contribution in [3.8, 4) is 0 Å². The van der Waals surface area contributed by atoms with E-state index in [0.717, 1.165) is 0 Å². The largest absolute Gasteiger partial charge is 0.480 e. The Hall–Kier alpha value is -3.86. The third-order valence-corrected chi connectivity index (χ3v) is 5.65. The van der Waals surface area contributed by atoms with Crippen molar-refractivity contribution in [2.75, 3.05) is 11.9 Å². The highest BCUT2D eigenvalue weighted by atomic mass is 32.1. The van der Waals surface area contributed by atoms with Crippen molar-refractivity contribution in [3.05, 3.63) is 70.5 Å². The first kappa shape index (κ1) is 26.7. The van der Waals surface area contributed by atoms with Crippen LogP contribution in [0.1, 0.15) is 37.9 Å². The summed E-state index contributed by atoms with van der Waals surface area (Å²) in [5.74, 6) is -1.35. The topological polar surface area (TPSA) is 136 Å². The van der Waals surface area contributed by atoms with Crippen molar-refractivity contribution in [3.63, 3.8) is 0 Å². The van der Waals surface area contributed by atoms with Gasteiger partial charge in [0, 0.05) is 25.1 Å². The van der Waals surface area contributed by atoms with Gasteiger partial charge in [0.2, 0.25) is 5.91 Å². The monoisotopic (exact) mass is 513 g/mol. The number of benzene rings is 2.